The van der Waals surface area contributed by atoms with Crippen molar-refractivity contribution in [3.8, 4) is 0 Å². The van der Waals surface area contributed by atoms with Crippen LogP contribution in [0.5, 0.6) is 0 Å². The van der Waals surface area contributed by atoms with Crippen molar-refractivity contribution >= 4 is 23.3 Å². The van der Waals surface area contributed by atoms with E-state index in [2.05, 4.69) is 9.88 Å². The van der Waals surface area contributed by atoms with Gasteiger partial charge < -0.3 is 19.6 Å². The number of aromatic nitrogens is 1. The molecule has 2 heterocycles. The summed E-state index contributed by atoms with van der Waals surface area (Å²) in [7, 11) is 0. The lowest BCUT2D eigenvalue weighted by Gasteiger charge is -2.38. The maximum atomic E-state index is 12.5. The van der Waals surface area contributed by atoms with E-state index >= 15 is 0 Å². The van der Waals surface area contributed by atoms with Crippen molar-refractivity contribution in [1.82, 2.24) is 9.88 Å². The molecule has 1 N–H and O–H groups in total. The monoisotopic (exact) mass is 339 g/mol. The number of amides is 1. The maximum absolute atomic E-state index is 12.5. The van der Waals surface area contributed by atoms with Gasteiger partial charge in [-0.2, -0.15) is 0 Å². The molecular formula is C16H22ClN3O3. The van der Waals surface area contributed by atoms with E-state index in [9.17, 15) is 9.90 Å². The molecule has 1 amide bonds. The van der Waals surface area contributed by atoms with Gasteiger partial charge in [-0.3, -0.25) is 4.79 Å². The summed E-state index contributed by atoms with van der Waals surface area (Å²) < 4.78 is 5.27. The molecule has 3 rings (SSSR count). The van der Waals surface area contributed by atoms with Crippen LogP contribution < -0.4 is 4.90 Å². The Hall–Kier alpha value is -1.37. The van der Waals surface area contributed by atoms with Gasteiger partial charge in [0.1, 0.15) is 5.82 Å². The van der Waals surface area contributed by atoms with Crippen molar-refractivity contribution < 1.29 is 14.6 Å². The Morgan fingerprint density at radius 3 is 2.74 bits per heavy atom. The van der Waals surface area contributed by atoms with Gasteiger partial charge in [-0.25, -0.2) is 4.98 Å². The number of carbonyl (C=O) groups is 1. The van der Waals surface area contributed by atoms with Crippen molar-refractivity contribution in [3.05, 3.63) is 22.8 Å². The van der Waals surface area contributed by atoms with E-state index in [0.717, 1.165) is 12.8 Å². The smallest absolute Gasteiger partial charge is 0.255 e. The molecule has 0 atom stereocenters. The Balaban J connectivity index is 1.77. The first-order chi connectivity index (χ1) is 11.2. The number of aliphatic hydroxyl groups is 1. The summed E-state index contributed by atoms with van der Waals surface area (Å²) in [6.07, 6.45) is 4.96. The summed E-state index contributed by atoms with van der Waals surface area (Å²) in [5, 5.41) is 9.75. The minimum Gasteiger partial charge on any atom is -0.395 e. The lowest BCUT2D eigenvalue weighted by Crippen LogP contribution is -2.43. The summed E-state index contributed by atoms with van der Waals surface area (Å²) in [5.41, 5.74) is 0.498. The molecule has 0 aromatic carbocycles. The van der Waals surface area contributed by atoms with Crippen molar-refractivity contribution in [2.75, 3.05) is 44.4 Å². The molecule has 0 spiro atoms. The largest absolute Gasteiger partial charge is 0.395 e. The van der Waals surface area contributed by atoms with Crippen molar-refractivity contribution in [2.24, 2.45) is 0 Å². The van der Waals surface area contributed by atoms with E-state index < -0.39 is 0 Å². The highest BCUT2D eigenvalue weighted by Gasteiger charge is 2.28. The first kappa shape index (κ1) is 16.5. The van der Waals surface area contributed by atoms with E-state index in [4.69, 9.17) is 16.3 Å². The standard InChI is InChI=1S/C16H22ClN3O3/c17-14-10-12(16(22)19-5-8-23-9-6-19)11-18-15(14)20(4-7-21)13-2-1-3-13/h10-11,13,21H,1-9H2. The third-order valence-electron chi connectivity index (χ3n) is 4.50. The minimum atomic E-state index is -0.0633. The Morgan fingerprint density at radius 2 is 2.17 bits per heavy atom. The van der Waals surface area contributed by atoms with Gasteiger partial charge in [0.25, 0.3) is 5.91 Å². The molecule has 23 heavy (non-hydrogen) atoms. The predicted molar refractivity (Wildman–Crippen MR) is 88.0 cm³/mol. The highest BCUT2D eigenvalue weighted by molar-refractivity contribution is 6.33. The summed E-state index contributed by atoms with van der Waals surface area (Å²) in [4.78, 5) is 20.7. The van der Waals surface area contributed by atoms with E-state index in [1.54, 1.807) is 17.2 Å². The first-order valence-corrected chi connectivity index (χ1v) is 8.48. The number of hydrogen-bond acceptors (Lipinski definition) is 5. The number of carbonyl (C=O) groups excluding carboxylic acids is 1. The Kier molecular flexibility index (Phi) is 5.35. The second-order valence-electron chi connectivity index (χ2n) is 5.94. The van der Waals surface area contributed by atoms with Gasteiger partial charge in [-0.15, -0.1) is 0 Å². The van der Waals surface area contributed by atoms with Gasteiger partial charge in [0.05, 0.1) is 30.4 Å². The Labute approximate surface area is 141 Å². The van der Waals surface area contributed by atoms with Crippen molar-refractivity contribution in [1.29, 1.82) is 0 Å². The lowest BCUT2D eigenvalue weighted by atomic mass is 9.91. The quantitative estimate of drug-likeness (QED) is 0.882. The molecule has 1 saturated heterocycles. The molecule has 2 aliphatic rings. The van der Waals surface area contributed by atoms with Crippen LogP contribution in [0.2, 0.25) is 5.02 Å². The van der Waals surface area contributed by atoms with Gasteiger partial charge in [0, 0.05) is 31.9 Å². The summed E-state index contributed by atoms with van der Waals surface area (Å²) in [5.74, 6) is 0.593. The number of morpholine rings is 1. The molecule has 0 unspecified atom stereocenters. The minimum absolute atomic E-state index is 0.0585. The molecule has 1 aromatic heterocycles. The fourth-order valence-electron chi connectivity index (χ4n) is 2.98. The molecule has 1 saturated carbocycles. The van der Waals surface area contributed by atoms with Crippen LogP contribution in [0, 0.1) is 0 Å². The molecule has 7 heteroatoms. The highest BCUT2D eigenvalue weighted by atomic mass is 35.5. The fraction of sp³-hybridized carbons (Fsp3) is 0.625. The Bertz CT molecular complexity index is 560. The third-order valence-corrected chi connectivity index (χ3v) is 4.77. The van der Waals surface area contributed by atoms with Gasteiger partial charge in [0.15, 0.2) is 0 Å². The first-order valence-electron chi connectivity index (χ1n) is 8.11. The van der Waals surface area contributed by atoms with Crippen LogP contribution in [0.1, 0.15) is 29.6 Å². The molecule has 1 aliphatic carbocycles. The van der Waals surface area contributed by atoms with Crippen LogP contribution in [0.4, 0.5) is 5.82 Å². The van der Waals surface area contributed by atoms with Crippen LogP contribution in [-0.4, -0.2) is 66.4 Å². The molecule has 0 radical (unpaired) electrons. The van der Waals surface area contributed by atoms with Gasteiger partial charge in [-0.1, -0.05) is 11.6 Å². The normalized spacial score (nSPS) is 18.6. The second kappa shape index (κ2) is 7.47. The zero-order valence-electron chi connectivity index (χ0n) is 13.1. The van der Waals surface area contributed by atoms with E-state index in [1.807, 2.05) is 0 Å². The van der Waals surface area contributed by atoms with Gasteiger partial charge in [0.2, 0.25) is 0 Å². The molecule has 1 aromatic rings. The molecule has 126 valence electrons. The third kappa shape index (κ3) is 3.59. The zero-order chi connectivity index (χ0) is 16.2. The van der Waals surface area contributed by atoms with Crippen molar-refractivity contribution in [3.63, 3.8) is 0 Å². The Morgan fingerprint density at radius 1 is 1.43 bits per heavy atom. The van der Waals surface area contributed by atoms with Crippen LogP contribution >= 0.6 is 11.6 Å². The molecule has 6 nitrogen and oxygen atoms in total. The molecule has 2 fully saturated rings. The maximum Gasteiger partial charge on any atom is 0.255 e. The SMILES string of the molecule is O=C(c1cnc(N(CCO)C2CCC2)c(Cl)c1)N1CCOCC1. The lowest BCUT2D eigenvalue weighted by molar-refractivity contribution is 0.0302. The van der Waals surface area contributed by atoms with Crippen LogP contribution in [0.15, 0.2) is 12.3 Å². The van der Waals surface area contributed by atoms with Crippen LogP contribution in [0.25, 0.3) is 0 Å². The van der Waals surface area contributed by atoms with Crippen molar-refractivity contribution in [2.45, 2.75) is 25.3 Å². The topological polar surface area (TPSA) is 65.9 Å². The summed E-state index contributed by atoms with van der Waals surface area (Å²) in [6.45, 7) is 2.89. The average Bonchev–Trinajstić information content (AvgIpc) is 2.53. The average molecular weight is 340 g/mol. The molecular weight excluding hydrogens is 318 g/mol. The molecule has 1 aliphatic heterocycles. The number of ether oxygens (including phenoxy) is 1. The van der Waals surface area contributed by atoms with E-state index in [-0.39, 0.29) is 12.5 Å². The highest BCUT2D eigenvalue weighted by Crippen LogP contribution is 2.32. The van der Waals surface area contributed by atoms with Crippen LogP contribution in [-0.2, 0) is 4.74 Å². The van der Waals surface area contributed by atoms with E-state index in [1.165, 1.54) is 6.42 Å². The summed E-state index contributed by atoms with van der Waals surface area (Å²) >= 11 is 6.39. The zero-order valence-corrected chi connectivity index (χ0v) is 13.8. The fourth-order valence-corrected chi connectivity index (χ4v) is 3.25. The summed E-state index contributed by atoms with van der Waals surface area (Å²) in [6, 6.07) is 2.07. The van der Waals surface area contributed by atoms with Gasteiger partial charge in [-0.05, 0) is 25.3 Å². The number of pyridine rings is 1. The second-order valence-corrected chi connectivity index (χ2v) is 6.34. The predicted octanol–water partition coefficient (Wildman–Crippen LogP) is 1.56. The van der Waals surface area contributed by atoms with E-state index in [0.29, 0.717) is 55.3 Å². The number of halogens is 1. The number of aliphatic hydroxyl groups excluding tert-OH is 1. The van der Waals surface area contributed by atoms with Gasteiger partial charge >= 0.3 is 0 Å². The molecule has 0 bridgehead atoms. The number of anilines is 1. The number of nitrogens with zero attached hydrogens (tertiary/aromatic N) is 3. The number of rotatable bonds is 5. The number of hydrogen-bond donors (Lipinski definition) is 1. The van der Waals surface area contributed by atoms with Crippen LogP contribution in [0.3, 0.4) is 0 Å².